The fourth-order valence-electron chi connectivity index (χ4n) is 2.80. The quantitative estimate of drug-likeness (QED) is 0.737. The number of aromatic nitrogens is 4. The third kappa shape index (κ3) is 3.48. The van der Waals surface area contributed by atoms with Crippen molar-refractivity contribution in [3.05, 3.63) is 40.0 Å². The van der Waals surface area contributed by atoms with E-state index < -0.39 is 0 Å². The van der Waals surface area contributed by atoms with E-state index >= 15 is 0 Å². The Hall–Kier alpha value is -2.12. The van der Waals surface area contributed by atoms with Gasteiger partial charge >= 0.3 is 0 Å². The first-order valence-corrected chi connectivity index (χ1v) is 9.32. The molecule has 0 spiro atoms. The van der Waals surface area contributed by atoms with Crippen LogP contribution in [-0.4, -0.2) is 25.5 Å². The Kier molecular flexibility index (Phi) is 4.13. The molecule has 3 aromatic heterocycles. The van der Waals surface area contributed by atoms with Crippen LogP contribution in [0.4, 0.5) is 5.82 Å². The second-order valence-corrected chi connectivity index (χ2v) is 8.08. The Labute approximate surface area is 154 Å². The lowest BCUT2D eigenvalue weighted by molar-refractivity contribution is -0.116. The lowest BCUT2D eigenvalue weighted by Crippen LogP contribution is -2.20. The van der Waals surface area contributed by atoms with Gasteiger partial charge in [0.25, 0.3) is 0 Å². The monoisotopic (exact) mass is 375 g/mol. The molecule has 1 amide bonds. The second-order valence-electron chi connectivity index (χ2n) is 6.36. The smallest absolute Gasteiger partial charge is 0.247 e. The van der Waals surface area contributed by atoms with E-state index in [-0.39, 0.29) is 12.5 Å². The van der Waals surface area contributed by atoms with Gasteiger partial charge in [0.2, 0.25) is 5.91 Å². The molecule has 130 valence electrons. The van der Waals surface area contributed by atoms with Gasteiger partial charge in [0.1, 0.15) is 18.1 Å². The van der Waals surface area contributed by atoms with Crippen molar-refractivity contribution >= 4 is 34.7 Å². The summed E-state index contributed by atoms with van der Waals surface area (Å²) in [6.07, 6.45) is 4.25. The van der Waals surface area contributed by atoms with Crippen LogP contribution < -0.4 is 5.32 Å². The maximum atomic E-state index is 12.4. The molecule has 0 bridgehead atoms. The summed E-state index contributed by atoms with van der Waals surface area (Å²) in [7, 11) is 1.85. The van der Waals surface area contributed by atoms with E-state index in [1.54, 1.807) is 9.36 Å². The summed E-state index contributed by atoms with van der Waals surface area (Å²) in [6.45, 7) is 2.14. The maximum absolute atomic E-state index is 12.4. The number of anilines is 1. The number of amides is 1. The predicted octanol–water partition coefficient (Wildman–Crippen LogP) is 3.82. The minimum absolute atomic E-state index is 0.122. The van der Waals surface area contributed by atoms with Crippen molar-refractivity contribution in [3.8, 4) is 10.6 Å². The number of halogens is 1. The molecule has 25 heavy (non-hydrogen) atoms. The number of nitrogens with zero attached hydrogens (tertiary/aromatic N) is 4. The van der Waals surface area contributed by atoms with Gasteiger partial charge in [0.15, 0.2) is 0 Å². The van der Waals surface area contributed by atoms with Gasteiger partial charge in [0.05, 0.1) is 14.9 Å². The molecule has 0 aliphatic heterocycles. The standard InChI is InChI=1S/C17H18ClN5OS/c1-10-8-23(21-17(10)13-5-6-14(18)25-13)9-16(24)19-15-7-12(11-3-4-11)20-22(15)2/h5-8,11H,3-4,9H2,1-2H3,(H,19,24). The van der Waals surface area contributed by atoms with Gasteiger partial charge in [-0.05, 0) is 37.5 Å². The van der Waals surface area contributed by atoms with Crippen LogP contribution in [0.5, 0.6) is 0 Å². The van der Waals surface area contributed by atoms with Gasteiger partial charge in [-0.25, -0.2) is 0 Å². The fraction of sp³-hybridized carbons (Fsp3) is 0.353. The molecule has 4 rings (SSSR count). The third-order valence-electron chi connectivity index (χ3n) is 4.22. The molecule has 3 heterocycles. The van der Waals surface area contributed by atoms with E-state index in [2.05, 4.69) is 15.5 Å². The highest BCUT2D eigenvalue weighted by Gasteiger charge is 2.27. The molecule has 0 aromatic carbocycles. The minimum atomic E-state index is -0.122. The molecular weight excluding hydrogens is 358 g/mol. The lowest BCUT2D eigenvalue weighted by atomic mass is 10.2. The van der Waals surface area contributed by atoms with Crippen LogP contribution in [-0.2, 0) is 18.4 Å². The summed E-state index contributed by atoms with van der Waals surface area (Å²) in [6, 6.07) is 5.76. The fourth-order valence-corrected chi connectivity index (χ4v) is 3.89. The molecule has 0 radical (unpaired) electrons. The van der Waals surface area contributed by atoms with Crippen LogP contribution in [0.2, 0.25) is 4.34 Å². The van der Waals surface area contributed by atoms with E-state index in [9.17, 15) is 4.79 Å². The highest BCUT2D eigenvalue weighted by atomic mass is 35.5. The zero-order valence-corrected chi connectivity index (χ0v) is 15.6. The Balaban J connectivity index is 1.46. The summed E-state index contributed by atoms with van der Waals surface area (Å²) in [4.78, 5) is 13.4. The van der Waals surface area contributed by atoms with Crippen LogP contribution in [0.3, 0.4) is 0 Å². The summed E-state index contributed by atoms with van der Waals surface area (Å²) < 4.78 is 4.11. The number of carbonyl (C=O) groups excluding carboxylic acids is 1. The van der Waals surface area contributed by atoms with Crippen LogP contribution in [0.15, 0.2) is 24.4 Å². The number of hydrogen-bond donors (Lipinski definition) is 1. The lowest BCUT2D eigenvalue weighted by Gasteiger charge is -2.05. The SMILES string of the molecule is Cc1cn(CC(=O)Nc2cc(C3CC3)nn2C)nc1-c1ccc(Cl)s1. The average Bonchev–Trinajstić information content (AvgIpc) is 3.08. The Morgan fingerprint density at radius 2 is 2.20 bits per heavy atom. The number of aryl methyl sites for hydroxylation is 2. The van der Waals surface area contributed by atoms with Crippen molar-refractivity contribution in [1.82, 2.24) is 19.6 Å². The molecule has 1 aliphatic carbocycles. The first-order valence-electron chi connectivity index (χ1n) is 8.13. The molecule has 1 aliphatic rings. The first kappa shape index (κ1) is 16.4. The number of hydrogen-bond acceptors (Lipinski definition) is 4. The van der Waals surface area contributed by atoms with Crippen LogP contribution >= 0.6 is 22.9 Å². The molecule has 0 atom stereocenters. The van der Waals surface area contributed by atoms with E-state index in [0.717, 1.165) is 32.0 Å². The Morgan fingerprint density at radius 1 is 1.40 bits per heavy atom. The normalized spacial score (nSPS) is 14.0. The predicted molar refractivity (Wildman–Crippen MR) is 99.1 cm³/mol. The second kappa shape index (κ2) is 6.31. The van der Waals surface area contributed by atoms with Gasteiger partial charge in [-0.15, -0.1) is 11.3 Å². The first-order chi connectivity index (χ1) is 12.0. The number of rotatable bonds is 5. The molecule has 3 aromatic rings. The number of carbonyl (C=O) groups is 1. The van der Waals surface area contributed by atoms with Gasteiger partial charge < -0.3 is 5.32 Å². The van der Waals surface area contributed by atoms with Crippen molar-refractivity contribution in [2.75, 3.05) is 5.32 Å². The zero-order valence-electron chi connectivity index (χ0n) is 14.0. The van der Waals surface area contributed by atoms with E-state index in [1.165, 1.54) is 24.2 Å². The van der Waals surface area contributed by atoms with Crippen LogP contribution in [0.1, 0.15) is 30.0 Å². The minimum Gasteiger partial charge on any atom is -0.309 e. The van der Waals surface area contributed by atoms with Crippen molar-refractivity contribution in [2.45, 2.75) is 32.2 Å². The largest absolute Gasteiger partial charge is 0.309 e. The van der Waals surface area contributed by atoms with Crippen LogP contribution in [0, 0.1) is 6.92 Å². The number of thiophene rings is 1. The molecule has 8 heteroatoms. The zero-order chi connectivity index (χ0) is 17.6. The summed E-state index contributed by atoms with van der Waals surface area (Å²) in [5, 5.41) is 11.9. The van der Waals surface area contributed by atoms with Gasteiger partial charge in [-0.2, -0.15) is 10.2 Å². The van der Waals surface area contributed by atoms with Gasteiger partial charge in [-0.3, -0.25) is 14.2 Å². The highest BCUT2D eigenvalue weighted by molar-refractivity contribution is 7.19. The van der Waals surface area contributed by atoms with E-state index in [4.69, 9.17) is 11.6 Å². The Morgan fingerprint density at radius 3 is 2.88 bits per heavy atom. The molecule has 1 N–H and O–H groups in total. The molecule has 0 saturated heterocycles. The third-order valence-corrected chi connectivity index (χ3v) is 5.46. The number of nitrogens with one attached hydrogen (secondary N) is 1. The van der Waals surface area contributed by atoms with Crippen molar-refractivity contribution in [3.63, 3.8) is 0 Å². The van der Waals surface area contributed by atoms with Crippen molar-refractivity contribution in [2.24, 2.45) is 7.05 Å². The molecule has 6 nitrogen and oxygen atoms in total. The average molecular weight is 376 g/mol. The Bertz CT molecular complexity index is 937. The van der Waals surface area contributed by atoms with Crippen molar-refractivity contribution < 1.29 is 4.79 Å². The van der Waals surface area contributed by atoms with Crippen molar-refractivity contribution in [1.29, 1.82) is 0 Å². The maximum Gasteiger partial charge on any atom is 0.247 e. The topological polar surface area (TPSA) is 64.7 Å². The highest BCUT2D eigenvalue weighted by Crippen LogP contribution is 2.39. The van der Waals surface area contributed by atoms with E-state index in [0.29, 0.717) is 5.92 Å². The van der Waals surface area contributed by atoms with E-state index in [1.807, 2.05) is 38.4 Å². The summed E-state index contributed by atoms with van der Waals surface area (Å²) >= 11 is 7.48. The van der Waals surface area contributed by atoms with Gasteiger partial charge in [-0.1, -0.05) is 11.6 Å². The molecule has 1 fully saturated rings. The summed E-state index contributed by atoms with van der Waals surface area (Å²) in [5.74, 6) is 1.16. The van der Waals surface area contributed by atoms with Crippen LogP contribution in [0.25, 0.3) is 10.6 Å². The molecule has 0 unspecified atom stereocenters. The molecule has 1 saturated carbocycles. The molecular formula is C17H18ClN5OS. The summed E-state index contributed by atoms with van der Waals surface area (Å²) in [5.41, 5.74) is 2.94. The van der Waals surface area contributed by atoms with Gasteiger partial charge in [0, 0.05) is 25.2 Å².